The van der Waals surface area contributed by atoms with E-state index in [1.807, 2.05) is 12.1 Å². The van der Waals surface area contributed by atoms with Gasteiger partial charge in [0.05, 0.1) is 5.41 Å². The smallest absolute Gasteiger partial charge is 0.0725 e. The highest BCUT2D eigenvalue weighted by Crippen LogP contribution is 2.62. The number of nitrogens with two attached hydrogens (primary N) is 1. The first-order valence-corrected chi connectivity index (χ1v) is 11.1. The molecule has 1 spiro atoms. The van der Waals surface area contributed by atoms with Crippen LogP contribution in [0.15, 0.2) is 115 Å². The van der Waals surface area contributed by atoms with E-state index in [1.165, 1.54) is 44.5 Å². The van der Waals surface area contributed by atoms with E-state index in [-0.39, 0.29) is 5.41 Å². The zero-order valence-electron chi connectivity index (χ0n) is 17.5. The molecule has 0 bridgehead atoms. The van der Waals surface area contributed by atoms with E-state index in [4.69, 9.17) is 5.73 Å². The molecule has 5 aromatic rings. The molecule has 0 saturated heterocycles. The van der Waals surface area contributed by atoms with E-state index in [0.717, 1.165) is 16.8 Å². The Kier molecular flexibility index (Phi) is 3.41. The fourth-order valence-corrected chi connectivity index (χ4v) is 6.03. The molecule has 2 aliphatic carbocycles. The van der Waals surface area contributed by atoms with E-state index >= 15 is 0 Å². The van der Waals surface area contributed by atoms with E-state index in [1.54, 1.807) is 0 Å². The van der Waals surface area contributed by atoms with Crippen LogP contribution in [0.5, 0.6) is 0 Å². The van der Waals surface area contributed by atoms with Crippen molar-refractivity contribution < 1.29 is 0 Å². The predicted molar refractivity (Wildman–Crippen MR) is 133 cm³/mol. The van der Waals surface area contributed by atoms with Crippen molar-refractivity contribution in [3.8, 4) is 33.4 Å². The second-order valence-corrected chi connectivity index (χ2v) is 8.73. The first-order valence-electron chi connectivity index (χ1n) is 11.1. The molecule has 150 valence electrons. The average Bonchev–Trinajstić information content (AvgIpc) is 3.31. The van der Waals surface area contributed by atoms with E-state index < -0.39 is 0 Å². The molecule has 0 amide bonds. The van der Waals surface area contributed by atoms with Crippen LogP contribution < -0.4 is 5.73 Å². The molecule has 0 saturated carbocycles. The van der Waals surface area contributed by atoms with Gasteiger partial charge >= 0.3 is 0 Å². The molecule has 5 aromatic carbocycles. The van der Waals surface area contributed by atoms with Gasteiger partial charge in [-0.05, 0) is 62.2 Å². The van der Waals surface area contributed by atoms with Gasteiger partial charge in [-0.1, -0.05) is 103 Å². The third-order valence-corrected chi connectivity index (χ3v) is 7.27. The van der Waals surface area contributed by atoms with Crippen LogP contribution in [0.2, 0.25) is 0 Å². The molecule has 1 heteroatoms. The summed E-state index contributed by atoms with van der Waals surface area (Å²) in [6, 6.07) is 41.7. The fourth-order valence-electron chi connectivity index (χ4n) is 6.03. The highest BCUT2D eigenvalue weighted by molar-refractivity contribution is 5.96. The van der Waals surface area contributed by atoms with Crippen molar-refractivity contribution in [3.63, 3.8) is 0 Å². The summed E-state index contributed by atoms with van der Waals surface area (Å²) < 4.78 is 0. The first-order chi connectivity index (χ1) is 15.8. The molecule has 32 heavy (non-hydrogen) atoms. The molecule has 2 N–H and O–H groups in total. The summed E-state index contributed by atoms with van der Waals surface area (Å²) in [5.41, 5.74) is 19.9. The van der Waals surface area contributed by atoms with Gasteiger partial charge in [0.15, 0.2) is 0 Å². The van der Waals surface area contributed by atoms with E-state index in [2.05, 4.69) is 103 Å². The third kappa shape index (κ3) is 2.03. The van der Waals surface area contributed by atoms with Gasteiger partial charge < -0.3 is 5.73 Å². The summed E-state index contributed by atoms with van der Waals surface area (Å²) in [4.78, 5) is 0. The lowest BCUT2D eigenvalue weighted by atomic mass is 9.70. The summed E-state index contributed by atoms with van der Waals surface area (Å²) >= 11 is 0. The van der Waals surface area contributed by atoms with Crippen LogP contribution in [0.4, 0.5) is 5.69 Å². The molecule has 0 aliphatic heterocycles. The molecule has 0 heterocycles. The molecule has 0 aromatic heterocycles. The lowest BCUT2D eigenvalue weighted by Gasteiger charge is -2.30. The number of fused-ring (bicyclic) bond motifs is 10. The number of anilines is 1. The van der Waals surface area contributed by atoms with Crippen molar-refractivity contribution in [2.75, 3.05) is 5.73 Å². The Morgan fingerprint density at radius 3 is 1.41 bits per heavy atom. The van der Waals surface area contributed by atoms with Crippen LogP contribution in [-0.4, -0.2) is 0 Å². The number of rotatable bonds is 1. The third-order valence-electron chi connectivity index (χ3n) is 7.27. The van der Waals surface area contributed by atoms with Gasteiger partial charge in [-0.3, -0.25) is 0 Å². The van der Waals surface area contributed by atoms with Crippen molar-refractivity contribution in [3.05, 3.63) is 138 Å². The van der Waals surface area contributed by atoms with Crippen molar-refractivity contribution in [1.29, 1.82) is 0 Å². The van der Waals surface area contributed by atoms with Crippen molar-refractivity contribution in [2.24, 2.45) is 0 Å². The first kappa shape index (κ1) is 17.6. The van der Waals surface area contributed by atoms with Gasteiger partial charge in [-0.2, -0.15) is 0 Å². The number of hydrogen-bond acceptors (Lipinski definition) is 1. The van der Waals surface area contributed by atoms with E-state index in [9.17, 15) is 0 Å². The monoisotopic (exact) mass is 407 g/mol. The summed E-state index contributed by atoms with van der Waals surface area (Å²) in [6.45, 7) is 0. The Labute approximate surface area is 187 Å². The second-order valence-electron chi connectivity index (χ2n) is 8.73. The van der Waals surface area contributed by atoms with Crippen LogP contribution in [0.3, 0.4) is 0 Å². The minimum atomic E-state index is -0.278. The lowest BCUT2D eigenvalue weighted by molar-refractivity contribution is 0.794. The molecular weight excluding hydrogens is 386 g/mol. The molecule has 1 nitrogen and oxygen atoms in total. The Balaban J connectivity index is 1.61. The molecule has 7 rings (SSSR count). The summed E-state index contributed by atoms with van der Waals surface area (Å²) in [5, 5.41) is 0. The Morgan fingerprint density at radius 2 is 0.844 bits per heavy atom. The van der Waals surface area contributed by atoms with E-state index in [0.29, 0.717) is 0 Å². The SMILES string of the molecule is Nc1ccccc1-c1ccc2c(c1)-c1ccccc1C21c2ccccc2-c2ccccc21. The summed E-state index contributed by atoms with van der Waals surface area (Å²) in [7, 11) is 0. The topological polar surface area (TPSA) is 26.0 Å². The average molecular weight is 408 g/mol. The van der Waals surface area contributed by atoms with Crippen LogP contribution in [0.1, 0.15) is 22.3 Å². The number of nitrogen functional groups attached to an aromatic ring is 1. The number of hydrogen-bond donors (Lipinski definition) is 1. The Bertz CT molecular complexity index is 1500. The van der Waals surface area contributed by atoms with Gasteiger partial charge in [0.2, 0.25) is 0 Å². The zero-order chi connectivity index (χ0) is 21.3. The molecule has 0 atom stereocenters. The summed E-state index contributed by atoms with van der Waals surface area (Å²) in [6.07, 6.45) is 0. The predicted octanol–water partition coefficient (Wildman–Crippen LogP) is 7.28. The number of benzene rings is 5. The van der Waals surface area contributed by atoms with Gasteiger partial charge in [0.25, 0.3) is 0 Å². The second kappa shape index (κ2) is 6.21. The van der Waals surface area contributed by atoms with Gasteiger partial charge in [-0.25, -0.2) is 0 Å². The van der Waals surface area contributed by atoms with Crippen LogP contribution in [0.25, 0.3) is 33.4 Å². The summed E-state index contributed by atoms with van der Waals surface area (Å²) in [5.74, 6) is 0. The van der Waals surface area contributed by atoms with Crippen molar-refractivity contribution >= 4 is 5.69 Å². The standard InChI is InChI=1S/C31H21N/c32-30-16-8-4-9-21(30)20-17-18-29-25(19-20)24-12-3-7-15-28(24)31(29)26-13-5-1-10-22(26)23-11-2-6-14-27(23)31/h1-19H,32H2. The molecule has 0 fully saturated rings. The molecule has 2 aliphatic rings. The minimum absolute atomic E-state index is 0.278. The van der Waals surface area contributed by atoms with Crippen molar-refractivity contribution in [2.45, 2.75) is 5.41 Å². The molecule has 0 unspecified atom stereocenters. The Hall–Kier alpha value is -4.10. The lowest BCUT2D eigenvalue weighted by Crippen LogP contribution is -2.25. The van der Waals surface area contributed by atoms with Gasteiger partial charge in [-0.15, -0.1) is 0 Å². The highest BCUT2D eigenvalue weighted by atomic mass is 14.6. The maximum absolute atomic E-state index is 6.33. The quantitative estimate of drug-likeness (QED) is 0.284. The molecular formula is C31H21N. The van der Waals surface area contributed by atoms with Crippen LogP contribution >= 0.6 is 0 Å². The van der Waals surface area contributed by atoms with Crippen molar-refractivity contribution in [1.82, 2.24) is 0 Å². The minimum Gasteiger partial charge on any atom is -0.398 e. The normalized spacial score (nSPS) is 14.0. The number of para-hydroxylation sites is 1. The maximum atomic E-state index is 6.33. The zero-order valence-corrected chi connectivity index (χ0v) is 17.5. The maximum Gasteiger partial charge on any atom is 0.0725 e. The fraction of sp³-hybridized carbons (Fsp3) is 0.0323. The Morgan fingerprint density at radius 1 is 0.406 bits per heavy atom. The van der Waals surface area contributed by atoms with Gasteiger partial charge in [0.1, 0.15) is 0 Å². The van der Waals surface area contributed by atoms with Crippen LogP contribution in [0, 0.1) is 0 Å². The largest absolute Gasteiger partial charge is 0.398 e. The molecule has 0 radical (unpaired) electrons. The van der Waals surface area contributed by atoms with Crippen LogP contribution in [-0.2, 0) is 5.41 Å². The van der Waals surface area contributed by atoms with Gasteiger partial charge in [0, 0.05) is 11.3 Å². The highest BCUT2D eigenvalue weighted by Gasteiger charge is 2.51.